The number of hydrogen-bond acceptors (Lipinski definition) is 3. The molecule has 0 spiro atoms. The number of aromatic nitrogens is 1. The van der Waals surface area contributed by atoms with Crippen LogP contribution >= 0.6 is 0 Å². The first-order valence-electron chi connectivity index (χ1n) is 8.45. The van der Waals surface area contributed by atoms with E-state index < -0.39 is 0 Å². The minimum atomic E-state index is -0.324. The first kappa shape index (κ1) is 19.4. The van der Waals surface area contributed by atoms with Crippen LogP contribution in [0.5, 0.6) is 0 Å². The van der Waals surface area contributed by atoms with Gasteiger partial charge in [-0.3, -0.25) is 14.4 Å². The monoisotopic (exact) mass is 355 g/mol. The molecule has 0 aliphatic carbocycles. The van der Waals surface area contributed by atoms with Crippen LogP contribution in [0.2, 0.25) is 0 Å². The maximum Gasteiger partial charge on any atom is 0.270 e. The van der Waals surface area contributed by atoms with Crippen LogP contribution in [0.3, 0.4) is 0 Å². The van der Waals surface area contributed by atoms with Crippen LogP contribution in [-0.4, -0.2) is 41.1 Å². The molecular weight excluding hydrogens is 330 g/mol. The van der Waals surface area contributed by atoms with E-state index in [-0.39, 0.29) is 24.1 Å². The number of carbonyl (C=O) groups excluding carboxylic acids is 3. The molecule has 0 aliphatic rings. The Labute approximate surface area is 153 Å². The van der Waals surface area contributed by atoms with Crippen LogP contribution in [0.15, 0.2) is 18.2 Å². The van der Waals surface area contributed by atoms with Crippen molar-refractivity contribution in [3.63, 3.8) is 0 Å². The molecule has 1 aromatic carbocycles. The summed E-state index contributed by atoms with van der Waals surface area (Å²) >= 11 is 0. The zero-order valence-corrected chi connectivity index (χ0v) is 16.1. The predicted molar refractivity (Wildman–Crippen MR) is 102 cm³/mol. The Bertz CT molecular complexity index is 860. The Balaban J connectivity index is 2.13. The molecule has 1 aromatic heterocycles. The van der Waals surface area contributed by atoms with Gasteiger partial charge < -0.3 is 15.2 Å². The van der Waals surface area contributed by atoms with Crippen LogP contribution in [0.25, 0.3) is 0 Å². The fraction of sp³-hybridized carbons (Fsp3) is 0.350. The molecule has 2 rings (SSSR count). The number of likely N-dealkylation sites (N-methyl/N-ethyl adjacent to an activating group) is 1. The molecule has 26 heavy (non-hydrogen) atoms. The second kappa shape index (κ2) is 7.56. The largest absolute Gasteiger partial charge is 0.354 e. The first-order chi connectivity index (χ1) is 12.1. The molecule has 0 aliphatic heterocycles. The normalized spacial score (nSPS) is 10.5. The van der Waals surface area contributed by atoms with Crippen molar-refractivity contribution in [1.29, 1.82) is 0 Å². The summed E-state index contributed by atoms with van der Waals surface area (Å²) in [6.07, 6.45) is 0. The van der Waals surface area contributed by atoms with Crippen LogP contribution in [-0.2, 0) is 4.79 Å². The number of carbonyl (C=O) groups is 3. The predicted octanol–water partition coefficient (Wildman–Crippen LogP) is 3.16. The lowest BCUT2D eigenvalue weighted by molar-refractivity contribution is -0.116. The number of benzene rings is 1. The van der Waals surface area contributed by atoms with E-state index in [9.17, 15) is 14.4 Å². The van der Waals surface area contributed by atoms with Crippen LogP contribution < -0.4 is 5.32 Å². The minimum absolute atomic E-state index is 0.0838. The van der Waals surface area contributed by atoms with Crippen molar-refractivity contribution >= 4 is 23.3 Å². The summed E-state index contributed by atoms with van der Waals surface area (Å²) in [6.45, 7) is 8.72. The number of hydrogen-bond donors (Lipinski definition) is 2. The van der Waals surface area contributed by atoms with E-state index in [0.717, 1.165) is 16.8 Å². The number of rotatable bonds is 5. The highest BCUT2D eigenvalue weighted by Gasteiger charge is 2.23. The van der Waals surface area contributed by atoms with Gasteiger partial charge in [-0.15, -0.1) is 0 Å². The summed E-state index contributed by atoms with van der Waals surface area (Å²) in [5.74, 6) is -0.688. The van der Waals surface area contributed by atoms with Gasteiger partial charge in [-0.25, -0.2) is 0 Å². The molecular formula is C20H25N3O3. The van der Waals surface area contributed by atoms with Gasteiger partial charge in [0, 0.05) is 24.0 Å². The minimum Gasteiger partial charge on any atom is -0.354 e. The first-order valence-corrected chi connectivity index (χ1v) is 8.45. The van der Waals surface area contributed by atoms with Crippen molar-refractivity contribution in [3.8, 4) is 0 Å². The highest BCUT2D eigenvalue weighted by atomic mass is 16.2. The van der Waals surface area contributed by atoms with E-state index in [4.69, 9.17) is 0 Å². The van der Waals surface area contributed by atoms with Gasteiger partial charge in [-0.1, -0.05) is 18.2 Å². The van der Waals surface area contributed by atoms with Gasteiger partial charge in [0.25, 0.3) is 5.91 Å². The molecule has 0 saturated heterocycles. The molecule has 2 amide bonds. The Hall–Kier alpha value is -2.89. The molecule has 6 heteroatoms. The number of amides is 2. The van der Waals surface area contributed by atoms with Gasteiger partial charge in [0.05, 0.1) is 6.54 Å². The topological polar surface area (TPSA) is 82.3 Å². The molecule has 0 fully saturated rings. The van der Waals surface area contributed by atoms with Crippen LogP contribution in [0, 0.1) is 27.7 Å². The van der Waals surface area contributed by atoms with Crippen molar-refractivity contribution in [3.05, 3.63) is 51.8 Å². The van der Waals surface area contributed by atoms with E-state index in [2.05, 4.69) is 10.3 Å². The molecule has 138 valence electrons. The molecule has 0 saturated carbocycles. The van der Waals surface area contributed by atoms with Crippen molar-refractivity contribution in [1.82, 2.24) is 9.88 Å². The van der Waals surface area contributed by atoms with Crippen LogP contribution in [0.4, 0.5) is 5.69 Å². The lowest BCUT2D eigenvalue weighted by Crippen LogP contribution is -2.35. The third kappa shape index (κ3) is 3.85. The highest BCUT2D eigenvalue weighted by Crippen LogP contribution is 2.21. The molecule has 6 nitrogen and oxygen atoms in total. The second-order valence-corrected chi connectivity index (χ2v) is 6.66. The maximum absolute atomic E-state index is 12.7. The van der Waals surface area contributed by atoms with Crippen molar-refractivity contribution in [2.45, 2.75) is 34.6 Å². The van der Waals surface area contributed by atoms with Gasteiger partial charge in [0.1, 0.15) is 5.69 Å². The van der Waals surface area contributed by atoms with Crippen molar-refractivity contribution in [2.24, 2.45) is 0 Å². The van der Waals surface area contributed by atoms with Crippen molar-refractivity contribution in [2.75, 3.05) is 18.9 Å². The van der Waals surface area contributed by atoms with Crippen molar-refractivity contribution < 1.29 is 14.4 Å². The summed E-state index contributed by atoms with van der Waals surface area (Å²) in [5.41, 5.74) is 4.85. The fourth-order valence-electron chi connectivity index (χ4n) is 3.16. The SMILES string of the molecule is CC(=O)c1c(C)[nH]c(C(=O)N(C)CC(=O)Nc2c(C)cccc2C)c1C. The van der Waals surface area contributed by atoms with Gasteiger partial charge >= 0.3 is 0 Å². The summed E-state index contributed by atoms with van der Waals surface area (Å²) in [7, 11) is 1.57. The average molecular weight is 355 g/mol. The number of Topliss-reactive ketones (excluding diaryl/α,β-unsaturated/α-hetero) is 1. The quantitative estimate of drug-likeness (QED) is 0.808. The molecule has 1 heterocycles. The average Bonchev–Trinajstić information content (AvgIpc) is 2.85. The zero-order chi connectivity index (χ0) is 19.6. The standard InChI is InChI=1S/C20H25N3O3/c1-11-8-7-9-12(2)18(11)22-16(25)10-23(6)20(26)19-13(3)17(15(5)24)14(4)21-19/h7-9,21H,10H2,1-6H3,(H,22,25). The van der Waals surface area contributed by atoms with Gasteiger partial charge in [0.2, 0.25) is 5.91 Å². The summed E-state index contributed by atoms with van der Waals surface area (Å²) in [4.78, 5) is 41.1. The molecule has 0 unspecified atom stereocenters. The fourth-order valence-corrected chi connectivity index (χ4v) is 3.16. The number of H-pyrrole nitrogens is 1. The number of aromatic amines is 1. The molecule has 2 N–H and O–H groups in total. The maximum atomic E-state index is 12.7. The van der Waals surface area contributed by atoms with Gasteiger partial charge in [0.15, 0.2) is 5.78 Å². The number of para-hydroxylation sites is 1. The summed E-state index contributed by atoms with van der Waals surface area (Å²) in [6, 6.07) is 5.77. The second-order valence-electron chi connectivity index (χ2n) is 6.66. The van der Waals surface area contributed by atoms with Gasteiger partial charge in [-0.05, 0) is 51.3 Å². The third-order valence-electron chi connectivity index (χ3n) is 4.48. The zero-order valence-electron chi connectivity index (χ0n) is 16.1. The Kier molecular flexibility index (Phi) is 5.65. The molecule has 0 radical (unpaired) electrons. The number of ketones is 1. The van der Waals surface area contributed by atoms with E-state index in [0.29, 0.717) is 22.5 Å². The lowest BCUT2D eigenvalue weighted by Gasteiger charge is -2.18. The number of anilines is 1. The van der Waals surface area contributed by atoms with E-state index in [1.807, 2.05) is 32.0 Å². The van der Waals surface area contributed by atoms with E-state index in [1.165, 1.54) is 11.8 Å². The number of nitrogens with one attached hydrogen (secondary N) is 2. The Morgan fingerprint density at radius 3 is 2.15 bits per heavy atom. The number of aryl methyl sites for hydroxylation is 3. The summed E-state index contributed by atoms with van der Waals surface area (Å²) in [5, 5.41) is 2.87. The van der Waals surface area contributed by atoms with Crippen LogP contribution in [0.1, 0.15) is 50.2 Å². The third-order valence-corrected chi connectivity index (χ3v) is 4.48. The number of nitrogens with zero attached hydrogens (tertiary/aromatic N) is 1. The smallest absolute Gasteiger partial charge is 0.270 e. The molecule has 0 atom stereocenters. The lowest BCUT2D eigenvalue weighted by atomic mass is 10.1. The Morgan fingerprint density at radius 1 is 1.08 bits per heavy atom. The van der Waals surface area contributed by atoms with E-state index in [1.54, 1.807) is 20.9 Å². The highest BCUT2D eigenvalue weighted by molar-refractivity contribution is 6.04. The molecule has 0 bridgehead atoms. The summed E-state index contributed by atoms with van der Waals surface area (Å²) < 4.78 is 0. The Morgan fingerprint density at radius 2 is 1.65 bits per heavy atom. The molecule has 2 aromatic rings. The van der Waals surface area contributed by atoms with Gasteiger partial charge in [-0.2, -0.15) is 0 Å². The van der Waals surface area contributed by atoms with E-state index >= 15 is 0 Å².